The Morgan fingerprint density at radius 1 is 0.417 bits per heavy atom. The molecular formula is C36H38. The van der Waals surface area contributed by atoms with E-state index < -0.39 is 0 Å². The van der Waals surface area contributed by atoms with Gasteiger partial charge in [0, 0.05) is 0 Å². The SMILES string of the molecule is Cc1cc(C)c(C)c(Cc2ccc(Cc3c(C)c(C)cc(C)c3C)c3cc4ccccc4cc23)c1C. The normalized spacial score (nSPS) is 11.6. The molecule has 0 atom stereocenters. The van der Waals surface area contributed by atoms with Gasteiger partial charge < -0.3 is 0 Å². The van der Waals surface area contributed by atoms with Crippen LogP contribution >= 0.6 is 0 Å². The molecule has 0 heterocycles. The van der Waals surface area contributed by atoms with Crippen LogP contribution < -0.4 is 0 Å². The highest BCUT2D eigenvalue weighted by Gasteiger charge is 2.15. The Kier molecular flexibility index (Phi) is 6.25. The Hall–Kier alpha value is -3.38. The van der Waals surface area contributed by atoms with E-state index in [0.717, 1.165) is 12.8 Å². The maximum absolute atomic E-state index is 2.43. The molecule has 0 heteroatoms. The third kappa shape index (κ3) is 4.13. The van der Waals surface area contributed by atoms with E-state index in [2.05, 4.69) is 116 Å². The summed E-state index contributed by atoms with van der Waals surface area (Å²) in [5.41, 5.74) is 17.1. The fraction of sp³-hybridized carbons (Fsp3) is 0.278. The fourth-order valence-corrected chi connectivity index (χ4v) is 5.97. The van der Waals surface area contributed by atoms with Gasteiger partial charge in [-0.15, -0.1) is 0 Å². The summed E-state index contributed by atoms with van der Waals surface area (Å²) in [6.45, 7) is 18.1. The molecule has 0 aromatic heterocycles. The maximum atomic E-state index is 2.43. The van der Waals surface area contributed by atoms with Crippen LogP contribution in [0.4, 0.5) is 0 Å². The minimum absolute atomic E-state index is 0.969. The summed E-state index contributed by atoms with van der Waals surface area (Å²) in [4.78, 5) is 0. The highest BCUT2D eigenvalue weighted by atomic mass is 14.2. The first-order valence-corrected chi connectivity index (χ1v) is 13.2. The number of aryl methyl sites for hydroxylation is 4. The Labute approximate surface area is 217 Å². The number of fused-ring (bicyclic) bond motifs is 2. The molecule has 0 N–H and O–H groups in total. The summed E-state index contributed by atoms with van der Waals surface area (Å²) >= 11 is 0. The van der Waals surface area contributed by atoms with Crippen LogP contribution in [0.3, 0.4) is 0 Å². The van der Waals surface area contributed by atoms with E-state index in [-0.39, 0.29) is 0 Å². The lowest BCUT2D eigenvalue weighted by Crippen LogP contribution is -2.03. The van der Waals surface area contributed by atoms with Gasteiger partial charge in [0.2, 0.25) is 0 Å². The van der Waals surface area contributed by atoms with Crippen molar-refractivity contribution in [2.75, 3.05) is 0 Å². The molecule has 0 saturated carbocycles. The van der Waals surface area contributed by atoms with Crippen LogP contribution in [0.2, 0.25) is 0 Å². The molecule has 0 aliphatic heterocycles. The summed E-state index contributed by atoms with van der Waals surface area (Å²) in [6.07, 6.45) is 1.94. The molecule has 0 radical (unpaired) electrons. The largest absolute Gasteiger partial charge is 0.0616 e. The predicted molar refractivity (Wildman–Crippen MR) is 158 cm³/mol. The summed E-state index contributed by atoms with van der Waals surface area (Å²) in [5, 5.41) is 5.42. The van der Waals surface area contributed by atoms with Gasteiger partial charge in [-0.2, -0.15) is 0 Å². The van der Waals surface area contributed by atoms with Gasteiger partial charge >= 0.3 is 0 Å². The van der Waals surface area contributed by atoms with Crippen molar-refractivity contribution in [3.8, 4) is 0 Å². The van der Waals surface area contributed by atoms with E-state index in [0.29, 0.717) is 0 Å². The molecule has 0 aliphatic carbocycles. The molecular weight excluding hydrogens is 432 g/mol. The number of hydrogen-bond donors (Lipinski definition) is 0. The van der Waals surface area contributed by atoms with E-state index in [9.17, 15) is 0 Å². The van der Waals surface area contributed by atoms with Gasteiger partial charge in [-0.25, -0.2) is 0 Å². The summed E-state index contributed by atoms with van der Waals surface area (Å²) < 4.78 is 0. The average Bonchev–Trinajstić information content (AvgIpc) is 2.86. The Morgan fingerprint density at radius 3 is 1.08 bits per heavy atom. The lowest BCUT2D eigenvalue weighted by atomic mass is 9.85. The van der Waals surface area contributed by atoms with Crippen molar-refractivity contribution >= 4 is 21.5 Å². The lowest BCUT2D eigenvalue weighted by molar-refractivity contribution is 1.08. The molecule has 0 saturated heterocycles. The Morgan fingerprint density at radius 2 is 0.750 bits per heavy atom. The van der Waals surface area contributed by atoms with Crippen molar-refractivity contribution in [1.29, 1.82) is 0 Å². The van der Waals surface area contributed by atoms with Crippen LogP contribution in [0.15, 0.2) is 60.7 Å². The van der Waals surface area contributed by atoms with E-state index >= 15 is 0 Å². The van der Waals surface area contributed by atoms with Crippen molar-refractivity contribution in [2.24, 2.45) is 0 Å². The second kappa shape index (κ2) is 9.25. The quantitative estimate of drug-likeness (QED) is 0.229. The highest BCUT2D eigenvalue weighted by molar-refractivity contribution is 6.01. The second-order valence-corrected chi connectivity index (χ2v) is 11.0. The maximum Gasteiger partial charge on any atom is -0.00142 e. The number of benzene rings is 5. The van der Waals surface area contributed by atoms with Crippen molar-refractivity contribution in [2.45, 2.75) is 68.2 Å². The molecule has 0 bridgehead atoms. The van der Waals surface area contributed by atoms with Gasteiger partial charge in [0.1, 0.15) is 0 Å². The molecule has 5 aromatic rings. The van der Waals surface area contributed by atoms with Crippen LogP contribution in [0.25, 0.3) is 21.5 Å². The van der Waals surface area contributed by atoms with Crippen LogP contribution in [0.5, 0.6) is 0 Å². The van der Waals surface area contributed by atoms with Gasteiger partial charge in [-0.1, -0.05) is 48.5 Å². The van der Waals surface area contributed by atoms with Gasteiger partial charge in [0.05, 0.1) is 0 Å². The van der Waals surface area contributed by atoms with E-state index in [1.807, 2.05) is 0 Å². The monoisotopic (exact) mass is 470 g/mol. The van der Waals surface area contributed by atoms with Crippen LogP contribution in [-0.2, 0) is 12.8 Å². The third-order valence-corrected chi connectivity index (χ3v) is 8.84. The van der Waals surface area contributed by atoms with Crippen molar-refractivity contribution in [3.63, 3.8) is 0 Å². The number of hydrogen-bond acceptors (Lipinski definition) is 0. The molecule has 0 aliphatic rings. The molecule has 182 valence electrons. The van der Waals surface area contributed by atoms with Gasteiger partial charge in [-0.05, 0) is 169 Å². The molecule has 0 unspecified atom stereocenters. The van der Waals surface area contributed by atoms with Crippen molar-refractivity contribution in [3.05, 3.63) is 127 Å². The first-order valence-electron chi connectivity index (χ1n) is 13.2. The zero-order valence-corrected chi connectivity index (χ0v) is 23.2. The van der Waals surface area contributed by atoms with Crippen LogP contribution in [-0.4, -0.2) is 0 Å². The van der Waals surface area contributed by atoms with E-state index in [1.54, 1.807) is 0 Å². The summed E-state index contributed by atoms with van der Waals surface area (Å²) in [6, 6.07) is 23.1. The molecule has 0 amide bonds. The van der Waals surface area contributed by atoms with Crippen molar-refractivity contribution in [1.82, 2.24) is 0 Å². The molecule has 0 spiro atoms. The van der Waals surface area contributed by atoms with Crippen molar-refractivity contribution < 1.29 is 0 Å². The zero-order chi connectivity index (χ0) is 25.7. The second-order valence-electron chi connectivity index (χ2n) is 11.0. The average molecular weight is 471 g/mol. The zero-order valence-electron chi connectivity index (χ0n) is 23.2. The Bertz CT molecular complexity index is 1470. The van der Waals surface area contributed by atoms with Gasteiger partial charge in [0.15, 0.2) is 0 Å². The molecule has 0 fully saturated rings. The highest BCUT2D eigenvalue weighted by Crippen LogP contribution is 2.34. The van der Waals surface area contributed by atoms with Crippen LogP contribution in [0, 0.1) is 55.4 Å². The minimum Gasteiger partial charge on any atom is -0.0616 e. The topological polar surface area (TPSA) is 0 Å². The molecule has 0 nitrogen and oxygen atoms in total. The molecule has 5 aromatic carbocycles. The number of rotatable bonds is 4. The van der Waals surface area contributed by atoms with Gasteiger partial charge in [0.25, 0.3) is 0 Å². The summed E-state index contributed by atoms with van der Waals surface area (Å²) in [7, 11) is 0. The van der Waals surface area contributed by atoms with E-state index in [1.165, 1.54) is 88.3 Å². The lowest BCUT2D eigenvalue weighted by Gasteiger charge is -2.19. The van der Waals surface area contributed by atoms with Gasteiger partial charge in [-0.3, -0.25) is 0 Å². The first-order chi connectivity index (χ1) is 17.2. The fourth-order valence-electron chi connectivity index (χ4n) is 5.97. The van der Waals surface area contributed by atoms with E-state index in [4.69, 9.17) is 0 Å². The third-order valence-electron chi connectivity index (χ3n) is 8.84. The first kappa shape index (κ1) is 24.3. The van der Waals surface area contributed by atoms with Crippen LogP contribution in [0.1, 0.15) is 66.8 Å². The smallest absolute Gasteiger partial charge is 0.00142 e. The molecule has 36 heavy (non-hydrogen) atoms. The standard InChI is InChI=1S/C36H38/c1-21-15-22(2)26(6)33(25(21)5)19-31-13-14-32(20-34-27(7)23(3)16-24(4)28(34)8)36-18-30-12-10-9-11-29(30)17-35(31)36/h9-18H,19-20H2,1-8H3. The molecule has 5 rings (SSSR count). The summed E-state index contributed by atoms with van der Waals surface area (Å²) in [5.74, 6) is 0. The Balaban J connectivity index is 1.73. The minimum atomic E-state index is 0.969. The predicted octanol–water partition coefficient (Wildman–Crippen LogP) is 9.64.